The number of likely N-dealkylation sites (tertiary alicyclic amines) is 1. The van der Waals surface area contributed by atoms with Gasteiger partial charge in [0, 0.05) is 29.1 Å². The molecule has 1 fully saturated rings. The van der Waals surface area contributed by atoms with Crippen LogP contribution in [0.1, 0.15) is 24.3 Å². The maximum atomic E-state index is 6.22. The SMILES string of the molecule is NCC(CN1CCCC1)c1cc(Cl)ccc1Cl. The van der Waals surface area contributed by atoms with Crippen molar-refractivity contribution < 1.29 is 0 Å². The monoisotopic (exact) mass is 272 g/mol. The van der Waals surface area contributed by atoms with Gasteiger partial charge in [0.2, 0.25) is 0 Å². The van der Waals surface area contributed by atoms with Crippen LogP contribution in [0.25, 0.3) is 0 Å². The Morgan fingerprint density at radius 1 is 1.24 bits per heavy atom. The van der Waals surface area contributed by atoms with Crippen molar-refractivity contribution in [1.29, 1.82) is 0 Å². The van der Waals surface area contributed by atoms with Crippen LogP contribution in [0.4, 0.5) is 0 Å². The highest BCUT2D eigenvalue weighted by atomic mass is 35.5. The minimum Gasteiger partial charge on any atom is -0.330 e. The summed E-state index contributed by atoms with van der Waals surface area (Å²) in [5.74, 6) is 0.277. The Hall–Kier alpha value is -0.280. The van der Waals surface area contributed by atoms with Crippen molar-refractivity contribution in [3.05, 3.63) is 33.8 Å². The molecule has 0 bridgehead atoms. The van der Waals surface area contributed by atoms with E-state index in [-0.39, 0.29) is 5.92 Å². The smallest absolute Gasteiger partial charge is 0.0442 e. The molecule has 0 spiro atoms. The first-order valence-electron chi connectivity index (χ1n) is 6.08. The highest BCUT2D eigenvalue weighted by Crippen LogP contribution is 2.28. The molecule has 0 saturated carbocycles. The maximum absolute atomic E-state index is 6.22. The highest BCUT2D eigenvalue weighted by molar-refractivity contribution is 6.33. The van der Waals surface area contributed by atoms with E-state index in [0.717, 1.165) is 22.2 Å². The van der Waals surface area contributed by atoms with Crippen LogP contribution in [-0.4, -0.2) is 31.1 Å². The van der Waals surface area contributed by atoms with Crippen molar-refractivity contribution in [1.82, 2.24) is 4.90 Å². The van der Waals surface area contributed by atoms with Gasteiger partial charge in [-0.05, 0) is 49.7 Å². The molecule has 0 radical (unpaired) electrons. The van der Waals surface area contributed by atoms with Gasteiger partial charge in [0.15, 0.2) is 0 Å². The van der Waals surface area contributed by atoms with Crippen molar-refractivity contribution in [2.24, 2.45) is 5.73 Å². The number of nitrogens with two attached hydrogens (primary N) is 1. The zero-order chi connectivity index (χ0) is 12.3. The first kappa shape index (κ1) is 13.2. The van der Waals surface area contributed by atoms with E-state index >= 15 is 0 Å². The van der Waals surface area contributed by atoms with Gasteiger partial charge in [0.05, 0.1) is 0 Å². The lowest BCUT2D eigenvalue weighted by molar-refractivity contribution is 0.315. The molecule has 1 aromatic rings. The third-order valence-corrected chi connectivity index (χ3v) is 3.94. The second kappa shape index (κ2) is 6.05. The fourth-order valence-electron chi connectivity index (χ4n) is 2.40. The highest BCUT2D eigenvalue weighted by Gasteiger charge is 2.19. The number of rotatable bonds is 4. The predicted octanol–water partition coefficient (Wildman–Crippen LogP) is 3.13. The summed E-state index contributed by atoms with van der Waals surface area (Å²) in [4.78, 5) is 2.45. The van der Waals surface area contributed by atoms with Crippen LogP contribution in [0.3, 0.4) is 0 Å². The van der Waals surface area contributed by atoms with Gasteiger partial charge in [-0.15, -0.1) is 0 Å². The van der Waals surface area contributed by atoms with E-state index in [1.807, 2.05) is 18.2 Å². The molecule has 1 aromatic carbocycles. The van der Waals surface area contributed by atoms with Crippen LogP contribution in [0.2, 0.25) is 10.0 Å². The van der Waals surface area contributed by atoms with Gasteiger partial charge in [-0.25, -0.2) is 0 Å². The molecule has 1 unspecified atom stereocenters. The largest absolute Gasteiger partial charge is 0.330 e. The summed E-state index contributed by atoms with van der Waals surface area (Å²) in [6.45, 7) is 3.94. The molecule has 1 aliphatic rings. The van der Waals surface area contributed by atoms with Gasteiger partial charge >= 0.3 is 0 Å². The van der Waals surface area contributed by atoms with Gasteiger partial charge in [-0.3, -0.25) is 0 Å². The Morgan fingerprint density at radius 3 is 2.59 bits per heavy atom. The minimum atomic E-state index is 0.277. The molecular formula is C13H18Cl2N2. The average molecular weight is 273 g/mol. The zero-order valence-electron chi connectivity index (χ0n) is 9.83. The van der Waals surface area contributed by atoms with Crippen LogP contribution in [0.5, 0.6) is 0 Å². The average Bonchev–Trinajstić information content (AvgIpc) is 2.82. The predicted molar refractivity (Wildman–Crippen MR) is 73.9 cm³/mol. The van der Waals surface area contributed by atoms with E-state index in [0.29, 0.717) is 6.54 Å². The molecule has 0 aliphatic carbocycles. The van der Waals surface area contributed by atoms with Crippen molar-refractivity contribution in [3.8, 4) is 0 Å². The lowest BCUT2D eigenvalue weighted by Gasteiger charge is -2.23. The minimum absolute atomic E-state index is 0.277. The number of nitrogens with zero attached hydrogens (tertiary/aromatic N) is 1. The van der Waals surface area contributed by atoms with Crippen LogP contribution < -0.4 is 5.73 Å². The van der Waals surface area contributed by atoms with E-state index < -0.39 is 0 Å². The molecular weight excluding hydrogens is 255 g/mol. The molecule has 94 valence electrons. The molecule has 1 saturated heterocycles. The quantitative estimate of drug-likeness (QED) is 0.913. The fourth-order valence-corrected chi connectivity index (χ4v) is 2.86. The molecule has 17 heavy (non-hydrogen) atoms. The summed E-state index contributed by atoms with van der Waals surface area (Å²) in [5, 5.41) is 1.49. The third kappa shape index (κ3) is 3.35. The Kier molecular flexibility index (Phi) is 4.69. The molecule has 1 atom stereocenters. The molecule has 1 heterocycles. The fraction of sp³-hybridized carbons (Fsp3) is 0.538. The van der Waals surface area contributed by atoms with Gasteiger partial charge in [0.1, 0.15) is 0 Å². The normalized spacial score (nSPS) is 18.5. The van der Waals surface area contributed by atoms with Crippen molar-refractivity contribution in [3.63, 3.8) is 0 Å². The van der Waals surface area contributed by atoms with E-state index in [2.05, 4.69) is 4.90 Å². The number of hydrogen-bond donors (Lipinski definition) is 1. The Morgan fingerprint density at radius 2 is 1.94 bits per heavy atom. The lowest BCUT2D eigenvalue weighted by atomic mass is 9.98. The van der Waals surface area contributed by atoms with E-state index in [4.69, 9.17) is 28.9 Å². The third-order valence-electron chi connectivity index (χ3n) is 3.36. The molecule has 0 amide bonds. The van der Waals surface area contributed by atoms with Crippen molar-refractivity contribution in [2.45, 2.75) is 18.8 Å². The second-order valence-electron chi connectivity index (χ2n) is 4.61. The number of hydrogen-bond acceptors (Lipinski definition) is 2. The first-order valence-corrected chi connectivity index (χ1v) is 6.83. The zero-order valence-corrected chi connectivity index (χ0v) is 11.3. The van der Waals surface area contributed by atoms with E-state index in [9.17, 15) is 0 Å². The molecule has 0 aromatic heterocycles. The first-order chi connectivity index (χ1) is 8.20. The van der Waals surface area contributed by atoms with Gasteiger partial charge < -0.3 is 10.6 Å². The molecule has 1 aliphatic heterocycles. The standard InChI is InChI=1S/C13H18Cl2N2/c14-11-3-4-13(15)12(7-11)10(8-16)9-17-5-1-2-6-17/h3-4,7,10H,1-2,5-6,8-9,16H2. The van der Waals surface area contributed by atoms with Gasteiger partial charge in [0.25, 0.3) is 0 Å². The lowest BCUT2D eigenvalue weighted by Crippen LogP contribution is -2.29. The van der Waals surface area contributed by atoms with Gasteiger partial charge in [-0.1, -0.05) is 23.2 Å². The summed E-state index contributed by atoms with van der Waals surface area (Å²) >= 11 is 12.2. The molecule has 2 rings (SSSR count). The Labute approximate surface area is 113 Å². The van der Waals surface area contributed by atoms with Crippen molar-refractivity contribution in [2.75, 3.05) is 26.2 Å². The molecule has 4 heteroatoms. The van der Waals surface area contributed by atoms with Crippen LogP contribution in [0.15, 0.2) is 18.2 Å². The summed E-state index contributed by atoms with van der Waals surface area (Å²) in [7, 11) is 0. The Balaban J connectivity index is 2.13. The molecule has 2 nitrogen and oxygen atoms in total. The van der Waals surface area contributed by atoms with Crippen molar-refractivity contribution >= 4 is 23.2 Å². The molecule has 2 N–H and O–H groups in total. The van der Waals surface area contributed by atoms with E-state index in [1.54, 1.807) is 0 Å². The maximum Gasteiger partial charge on any atom is 0.0442 e. The summed E-state index contributed by atoms with van der Waals surface area (Å²) in [6.07, 6.45) is 2.58. The number of benzene rings is 1. The summed E-state index contributed by atoms with van der Waals surface area (Å²) in [6, 6.07) is 5.61. The van der Waals surface area contributed by atoms with Crippen LogP contribution >= 0.6 is 23.2 Å². The Bertz CT molecular complexity index is 376. The van der Waals surface area contributed by atoms with Crippen LogP contribution in [-0.2, 0) is 0 Å². The number of halogens is 2. The van der Waals surface area contributed by atoms with E-state index in [1.165, 1.54) is 25.9 Å². The summed E-state index contributed by atoms with van der Waals surface area (Å²) in [5.41, 5.74) is 6.95. The van der Waals surface area contributed by atoms with Crippen LogP contribution in [0, 0.1) is 0 Å². The topological polar surface area (TPSA) is 29.3 Å². The summed E-state index contributed by atoms with van der Waals surface area (Å²) < 4.78 is 0. The van der Waals surface area contributed by atoms with Gasteiger partial charge in [-0.2, -0.15) is 0 Å². The second-order valence-corrected chi connectivity index (χ2v) is 5.45.